The zero-order chi connectivity index (χ0) is 12.8. The van der Waals surface area contributed by atoms with E-state index in [1.54, 1.807) is 0 Å². The quantitative estimate of drug-likeness (QED) is 0.768. The molecular formula is C14H24N4. The highest BCUT2D eigenvalue weighted by atomic mass is 15.2. The molecule has 1 N–H and O–H groups in total. The lowest BCUT2D eigenvalue weighted by molar-refractivity contribution is 0.247. The van der Waals surface area contributed by atoms with E-state index in [4.69, 9.17) is 0 Å². The predicted molar refractivity (Wildman–Crippen MR) is 74.5 cm³/mol. The molecule has 1 fully saturated rings. The van der Waals surface area contributed by atoms with Crippen LogP contribution < -0.4 is 5.32 Å². The van der Waals surface area contributed by atoms with Crippen molar-refractivity contribution >= 4 is 5.82 Å². The molecule has 4 heteroatoms. The summed E-state index contributed by atoms with van der Waals surface area (Å²) in [5, 5.41) is 3.17. The summed E-state index contributed by atoms with van der Waals surface area (Å²) in [6.07, 6.45) is 8.98. The molecule has 0 atom stereocenters. The van der Waals surface area contributed by atoms with E-state index in [-0.39, 0.29) is 0 Å². The summed E-state index contributed by atoms with van der Waals surface area (Å²) in [4.78, 5) is 11.4. The maximum atomic E-state index is 4.49. The number of nitrogens with zero attached hydrogens (tertiary/aromatic N) is 3. The van der Waals surface area contributed by atoms with Gasteiger partial charge in [0.25, 0.3) is 0 Å². The first-order chi connectivity index (χ1) is 8.83. The van der Waals surface area contributed by atoms with Crippen LogP contribution in [0.2, 0.25) is 0 Å². The van der Waals surface area contributed by atoms with Gasteiger partial charge in [0.2, 0.25) is 0 Å². The molecule has 0 unspecified atom stereocenters. The van der Waals surface area contributed by atoms with E-state index in [1.807, 2.05) is 12.4 Å². The summed E-state index contributed by atoms with van der Waals surface area (Å²) >= 11 is 0. The largest absolute Gasteiger partial charge is 0.369 e. The van der Waals surface area contributed by atoms with E-state index in [2.05, 4.69) is 34.0 Å². The molecule has 2 rings (SSSR count). The molecule has 0 aromatic carbocycles. The first kappa shape index (κ1) is 13.3. The van der Waals surface area contributed by atoms with Crippen LogP contribution in [0.4, 0.5) is 5.82 Å². The molecule has 1 saturated carbocycles. The smallest absolute Gasteiger partial charge is 0.144 e. The minimum Gasteiger partial charge on any atom is -0.369 e. The van der Waals surface area contributed by atoms with Crippen molar-refractivity contribution in [2.45, 2.75) is 52.1 Å². The Bertz CT molecular complexity index is 345. The van der Waals surface area contributed by atoms with E-state index >= 15 is 0 Å². The third-order valence-electron chi connectivity index (χ3n) is 3.29. The SMILES string of the molecule is CCCCN(Cc1cnc(NCC)cn1)C1CC1. The van der Waals surface area contributed by atoms with Crippen LogP contribution in [-0.2, 0) is 6.54 Å². The Morgan fingerprint density at radius 1 is 1.28 bits per heavy atom. The molecule has 4 nitrogen and oxygen atoms in total. The van der Waals surface area contributed by atoms with E-state index in [0.29, 0.717) is 0 Å². The van der Waals surface area contributed by atoms with Crippen LogP contribution in [0.5, 0.6) is 0 Å². The zero-order valence-electron chi connectivity index (χ0n) is 11.5. The van der Waals surface area contributed by atoms with Gasteiger partial charge in [-0.2, -0.15) is 0 Å². The molecule has 18 heavy (non-hydrogen) atoms. The van der Waals surface area contributed by atoms with Crippen LogP contribution >= 0.6 is 0 Å². The van der Waals surface area contributed by atoms with E-state index in [9.17, 15) is 0 Å². The van der Waals surface area contributed by atoms with Gasteiger partial charge in [-0.25, -0.2) is 4.98 Å². The number of unbranched alkanes of at least 4 members (excludes halogenated alkanes) is 1. The molecule has 1 aliphatic carbocycles. The number of rotatable bonds is 8. The number of hydrogen-bond acceptors (Lipinski definition) is 4. The molecule has 0 radical (unpaired) electrons. The Morgan fingerprint density at radius 2 is 2.11 bits per heavy atom. The first-order valence-electron chi connectivity index (χ1n) is 7.12. The number of anilines is 1. The molecule has 0 amide bonds. The van der Waals surface area contributed by atoms with Crippen LogP contribution in [0.25, 0.3) is 0 Å². The molecule has 0 bridgehead atoms. The van der Waals surface area contributed by atoms with Gasteiger partial charge >= 0.3 is 0 Å². The molecule has 0 aliphatic heterocycles. The van der Waals surface area contributed by atoms with Crippen molar-refractivity contribution in [2.24, 2.45) is 0 Å². The van der Waals surface area contributed by atoms with Gasteiger partial charge in [0, 0.05) is 19.1 Å². The Morgan fingerprint density at radius 3 is 2.67 bits per heavy atom. The highest BCUT2D eigenvalue weighted by Gasteiger charge is 2.28. The second kappa shape index (κ2) is 6.69. The minimum absolute atomic E-state index is 0.798. The number of aromatic nitrogens is 2. The maximum absolute atomic E-state index is 4.49. The van der Waals surface area contributed by atoms with Crippen molar-refractivity contribution in [3.63, 3.8) is 0 Å². The Balaban J connectivity index is 1.89. The molecule has 100 valence electrons. The molecular weight excluding hydrogens is 224 g/mol. The third-order valence-corrected chi connectivity index (χ3v) is 3.29. The monoisotopic (exact) mass is 248 g/mol. The Hall–Kier alpha value is -1.16. The van der Waals surface area contributed by atoms with Gasteiger partial charge in [0.05, 0.1) is 18.1 Å². The van der Waals surface area contributed by atoms with Crippen LogP contribution in [0.3, 0.4) is 0 Å². The Kier molecular flexibility index (Phi) is 4.93. The summed E-state index contributed by atoms with van der Waals surface area (Å²) in [7, 11) is 0. The summed E-state index contributed by atoms with van der Waals surface area (Å²) in [6.45, 7) is 7.34. The zero-order valence-corrected chi connectivity index (χ0v) is 11.5. The van der Waals surface area contributed by atoms with Crippen molar-refractivity contribution in [1.82, 2.24) is 14.9 Å². The van der Waals surface area contributed by atoms with Gasteiger partial charge in [0.1, 0.15) is 5.82 Å². The van der Waals surface area contributed by atoms with Crippen LogP contribution in [0.1, 0.15) is 45.2 Å². The molecule has 0 spiro atoms. The summed E-state index contributed by atoms with van der Waals surface area (Å²) < 4.78 is 0. The molecule has 1 aliphatic rings. The predicted octanol–water partition coefficient (Wildman–Crippen LogP) is 2.67. The minimum atomic E-state index is 0.798. The van der Waals surface area contributed by atoms with Crippen molar-refractivity contribution in [3.05, 3.63) is 18.1 Å². The lowest BCUT2D eigenvalue weighted by Gasteiger charge is -2.21. The highest BCUT2D eigenvalue weighted by Crippen LogP contribution is 2.28. The van der Waals surface area contributed by atoms with E-state index < -0.39 is 0 Å². The fourth-order valence-electron chi connectivity index (χ4n) is 2.11. The van der Waals surface area contributed by atoms with Crippen LogP contribution in [0.15, 0.2) is 12.4 Å². The second-order valence-electron chi connectivity index (χ2n) is 4.98. The normalized spacial score (nSPS) is 15.1. The summed E-state index contributed by atoms with van der Waals surface area (Å²) in [5.74, 6) is 0.868. The number of hydrogen-bond donors (Lipinski definition) is 1. The standard InChI is InChI=1S/C14H24N4/c1-3-5-8-18(13-6-7-13)11-12-9-17-14(10-16-12)15-4-2/h9-10,13H,3-8,11H2,1-2H3,(H,15,17). The van der Waals surface area contributed by atoms with Crippen LogP contribution in [0, 0.1) is 0 Å². The topological polar surface area (TPSA) is 41.1 Å². The molecule has 0 saturated heterocycles. The maximum Gasteiger partial charge on any atom is 0.144 e. The Labute approximate surface area is 110 Å². The molecule has 1 heterocycles. The average molecular weight is 248 g/mol. The lowest BCUT2D eigenvalue weighted by atomic mass is 10.3. The fraction of sp³-hybridized carbons (Fsp3) is 0.714. The highest BCUT2D eigenvalue weighted by molar-refractivity contribution is 5.30. The van der Waals surface area contributed by atoms with Gasteiger partial charge in [-0.3, -0.25) is 9.88 Å². The van der Waals surface area contributed by atoms with Crippen molar-refractivity contribution in [2.75, 3.05) is 18.4 Å². The van der Waals surface area contributed by atoms with Crippen molar-refractivity contribution < 1.29 is 0 Å². The second-order valence-corrected chi connectivity index (χ2v) is 4.98. The van der Waals surface area contributed by atoms with Crippen LogP contribution in [-0.4, -0.2) is 34.0 Å². The van der Waals surface area contributed by atoms with Gasteiger partial charge in [0.15, 0.2) is 0 Å². The molecule has 1 aromatic rings. The van der Waals surface area contributed by atoms with Crippen molar-refractivity contribution in [1.29, 1.82) is 0 Å². The van der Waals surface area contributed by atoms with E-state index in [1.165, 1.54) is 32.2 Å². The fourth-order valence-corrected chi connectivity index (χ4v) is 2.11. The first-order valence-corrected chi connectivity index (χ1v) is 7.12. The summed E-state index contributed by atoms with van der Waals surface area (Å²) in [5.41, 5.74) is 1.08. The third kappa shape index (κ3) is 3.95. The lowest BCUT2D eigenvalue weighted by Crippen LogP contribution is -2.27. The van der Waals surface area contributed by atoms with Gasteiger partial charge in [-0.15, -0.1) is 0 Å². The van der Waals surface area contributed by atoms with Gasteiger partial charge < -0.3 is 5.32 Å². The number of nitrogens with one attached hydrogen (secondary N) is 1. The van der Waals surface area contributed by atoms with Gasteiger partial charge in [-0.05, 0) is 32.7 Å². The van der Waals surface area contributed by atoms with Gasteiger partial charge in [-0.1, -0.05) is 13.3 Å². The van der Waals surface area contributed by atoms with E-state index in [0.717, 1.165) is 30.6 Å². The summed E-state index contributed by atoms with van der Waals surface area (Å²) in [6, 6.07) is 0.798. The average Bonchev–Trinajstić information content (AvgIpc) is 3.21. The molecule has 1 aromatic heterocycles. The van der Waals surface area contributed by atoms with Crippen molar-refractivity contribution in [3.8, 4) is 0 Å².